The Balaban J connectivity index is 1.37. The highest BCUT2D eigenvalue weighted by Crippen LogP contribution is 2.28. The predicted molar refractivity (Wildman–Crippen MR) is 128 cm³/mol. The van der Waals surface area contributed by atoms with E-state index in [9.17, 15) is 13.2 Å². The number of fused-ring (bicyclic) bond motifs is 1. The van der Waals surface area contributed by atoms with Crippen molar-refractivity contribution >= 4 is 27.4 Å². The van der Waals surface area contributed by atoms with Crippen molar-refractivity contribution in [1.82, 2.24) is 15.0 Å². The number of anilines is 2. The molecule has 3 aromatic heterocycles. The third-order valence-electron chi connectivity index (χ3n) is 5.48. The van der Waals surface area contributed by atoms with E-state index in [0.717, 1.165) is 36.1 Å². The molecule has 10 nitrogen and oxygen atoms in total. The fourth-order valence-electron chi connectivity index (χ4n) is 3.82. The van der Waals surface area contributed by atoms with Crippen molar-refractivity contribution in [3.05, 3.63) is 78.1 Å². The quantitative estimate of drug-likeness (QED) is 0.400. The first-order chi connectivity index (χ1) is 16.9. The van der Waals surface area contributed by atoms with E-state index in [0.29, 0.717) is 5.76 Å². The molecule has 1 amide bonds. The van der Waals surface area contributed by atoms with Gasteiger partial charge < -0.3 is 14.5 Å². The van der Waals surface area contributed by atoms with Crippen LogP contribution in [0.25, 0.3) is 11.3 Å². The van der Waals surface area contributed by atoms with Crippen molar-refractivity contribution in [3.63, 3.8) is 0 Å². The zero-order chi connectivity index (χ0) is 24.4. The standard InChI is InChI=1S/C24H21N5O5S/c1-33-23-20(35(31,32)29-21-11-10-15-8-5-9-18(15)28-21)12-17(13-25-23)27-22(30)24-26-14-19(34-24)16-6-3-2-4-7-16/h2-4,6-7,10-14H,5,8-9H2,1H3,(H,27,30)(H,28,29). The van der Waals surface area contributed by atoms with E-state index in [2.05, 4.69) is 25.0 Å². The van der Waals surface area contributed by atoms with Gasteiger partial charge in [-0.2, -0.15) is 0 Å². The van der Waals surface area contributed by atoms with E-state index in [1.54, 1.807) is 6.07 Å². The first-order valence-electron chi connectivity index (χ1n) is 10.8. The lowest BCUT2D eigenvalue weighted by Gasteiger charge is -2.12. The van der Waals surface area contributed by atoms with Crippen LogP contribution in [-0.2, 0) is 22.9 Å². The minimum absolute atomic E-state index is 0.123. The summed E-state index contributed by atoms with van der Waals surface area (Å²) < 4.78 is 39.4. The van der Waals surface area contributed by atoms with Gasteiger partial charge in [0.05, 0.1) is 25.2 Å². The van der Waals surface area contributed by atoms with Gasteiger partial charge in [-0.25, -0.2) is 23.4 Å². The number of aromatic nitrogens is 3. The van der Waals surface area contributed by atoms with Gasteiger partial charge in [-0.1, -0.05) is 36.4 Å². The normalized spacial score (nSPS) is 12.7. The molecule has 0 saturated carbocycles. The van der Waals surface area contributed by atoms with Gasteiger partial charge in [0.1, 0.15) is 5.82 Å². The summed E-state index contributed by atoms with van der Waals surface area (Å²) in [6.45, 7) is 0. The van der Waals surface area contributed by atoms with Crippen molar-refractivity contribution in [2.45, 2.75) is 24.2 Å². The molecule has 0 fully saturated rings. The molecule has 1 aliphatic rings. The lowest BCUT2D eigenvalue weighted by molar-refractivity contribution is 0.0991. The maximum atomic E-state index is 13.1. The van der Waals surface area contributed by atoms with Gasteiger partial charge in [0.15, 0.2) is 10.7 Å². The van der Waals surface area contributed by atoms with Gasteiger partial charge in [-0.15, -0.1) is 0 Å². The number of ether oxygens (including phenoxy) is 1. The van der Waals surface area contributed by atoms with E-state index in [4.69, 9.17) is 9.15 Å². The van der Waals surface area contributed by atoms with Crippen molar-refractivity contribution in [1.29, 1.82) is 0 Å². The molecular formula is C24H21N5O5S. The number of amides is 1. The van der Waals surface area contributed by atoms with Crippen LogP contribution < -0.4 is 14.8 Å². The Hall–Kier alpha value is -4.25. The molecule has 0 bridgehead atoms. The molecule has 0 radical (unpaired) electrons. The second-order valence-electron chi connectivity index (χ2n) is 7.84. The number of hydrogen-bond donors (Lipinski definition) is 2. The molecule has 0 atom stereocenters. The van der Waals surface area contributed by atoms with Gasteiger partial charge in [-0.3, -0.25) is 9.52 Å². The molecule has 5 rings (SSSR count). The average molecular weight is 492 g/mol. The molecule has 1 aliphatic carbocycles. The van der Waals surface area contributed by atoms with Crippen molar-refractivity contribution < 1.29 is 22.4 Å². The maximum absolute atomic E-state index is 13.1. The SMILES string of the molecule is COc1ncc(NC(=O)c2ncc(-c3ccccc3)o2)cc1S(=O)(=O)Nc1ccc2c(n1)CCC2. The van der Waals surface area contributed by atoms with Crippen LogP contribution in [0.5, 0.6) is 5.88 Å². The first kappa shape index (κ1) is 22.5. The summed E-state index contributed by atoms with van der Waals surface area (Å²) in [7, 11) is -2.81. The molecule has 0 aliphatic heterocycles. The highest BCUT2D eigenvalue weighted by Gasteiger charge is 2.24. The van der Waals surface area contributed by atoms with Gasteiger partial charge in [-0.05, 0) is 37.0 Å². The number of pyridine rings is 2. The largest absolute Gasteiger partial charge is 0.480 e. The molecule has 3 heterocycles. The number of sulfonamides is 1. The fraction of sp³-hybridized carbons (Fsp3) is 0.167. The number of benzene rings is 1. The molecule has 1 aromatic carbocycles. The van der Waals surface area contributed by atoms with Crippen molar-refractivity contribution in [2.75, 3.05) is 17.1 Å². The van der Waals surface area contributed by atoms with Crippen LogP contribution in [0.15, 0.2) is 70.2 Å². The summed E-state index contributed by atoms with van der Waals surface area (Å²) in [5, 5.41) is 2.56. The highest BCUT2D eigenvalue weighted by atomic mass is 32.2. The number of nitrogens with zero attached hydrogens (tertiary/aromatic N) is 3. The molecule has 178 valence electrons. The highest BCUT2D eigenvalue weighted by molar-refractivity contribution is 7.92. The lowest BCUT2D eigenvalue weighted by Crippen LogP contribution is -2.17. The third-order valence-corrected chi connectivity index (χ3v) is 6.83. The molecule has 0 spiro atoms. The number of methoxy groups -OCH3 is 1. The summed E-state index contributed by atoms with van der Waals surface area (Å²) >= 11 is 0. The number of nitrogens with one attached hydrogen (secondary N) is 2. The minimum atomic E-state index is -4.12. The zero-order valence-electron chi connectivity index (χ0n) is 18.7. The van der Waals surface area contributed by atoms with Crippen LogP contribution in [0.1, 0.15) is 28.4 Å². The van der Waals surface area contributed by atoms with Crippen LogP contribution in [-0.4, -0.2) is 36.4 Å². The number of oxazole rings is 1. The zero-order valence-corrected chi connectivity index (χ0v) is 19.5. The van der Waals surface area contributed by atoms with Gasteiger partial charge >= 0.3 is 5.91 Å². The van der Waals surface area contributed by atoms with Crippen LogP contribution in [0, 0.1) is 0 Å². The van der Waals surface area contributed by atoms with Crippen LogP contribution in [0.4, 0.5) is 11.5 Å². The topological polar surface area (TPSA) is 136 Å². The Morgan fingerprint density at radius 2 is 1.89 bits per heavy atom. The fourth-order valence-corrected chi connectivity index (χ4v) is 4.96. The van der Waals surface area contributed by atoms with Crippen molar-refractivity contribution in [3.8, 4) is 17.2 Å². The Kier molecular flexibility index (Phi) is 5.91. The third kappa shape index (κ3) is 4.71. The molecular weight excluding hydrogens is 470 g/mol. The maximum Gasteiger partial charge on any atom is 0.311 e. The number of aryl methyl sites for hydroxylation is 2. The lowest BCUT2D eigenvalue weighted by atomic mass is 10.2. The van der Waals surface area contributed by atoms with E-state index in [1.165, 1.54) is 25.6 Å². The van der Waals surface area contributed by atoms with Crippen LogP contribution in [0.2, 0.25) is 0 Å². The van der Waals surface area contributed by atoms with Crippen LogP contribution >= 0.6 is 0 Å². The summed E-state index contributed by atoms with van der Waals surface area (Å²) in [5.41, 5.74) is 2.90. The Bertz CT molecular complexity index is 1500. The summed E-state index contributed by atoms with van der Waals surface area (Å²) in [6.07, 6.45) is 5.47. The number of carbonyl (C=O) groups is 1. The van der Waals surface area contributed by atoms with E-state index in [-0.39, 0.29) is 28.2 Å². The Morgan fingerprint density at radius 1 is 1.06 bits per heavy atom. The van der Waals surface area contributed by atoms with Crippen LogP contribution in [0.3, 0.4) is 0 Å². The molecule has 11 heteroatoms. The molecule has 0 unspecified atom stereocenters. The molecule has 0 saturated heterocycles. The average Bonchev–Trinajstić information content (AvgIpc) is 3.54. The Morgan fingerprint density at radius 3 is 2.69 bits per heavy atom. The predicted octanol–water partition coefficient (Wildman–Crippen LogP) is 3.68. The number of hydrogen-bond acceptors (Lipinski definition) is 8. The van der Waals surface area contributed by atoms with Gasteiger partial charge in [0.25, 0.3) is 15.9 Å². The summed E-state index contributed by atoms with van der Waals surface area (Å²) in [4.78, 5) is 24.9. The molecule has 35 heavy (non-hydrogen) atoms. The van der Waals surface area contributed by atoms with E-state index < -0.39 is 15.9 Å². The summed E-state index contributed by atoms with van der Waals surface area (Å²) in [6, 6.07) is 14.0. The second kappa shape index (κ2) is 9.18. The van der Waals surface area contributed by atoms with Gasteiger partial charge in [0, 0.05) is 11.3 Å². The number of carbonyl (C=O) groups excluding carboxylic acids is 1. The number of rotatable bonds is 7. The Labute approximate surface area is 201 Å². The monoisotopic (exact) mass is 491 g/mol. The summed E-state index contributed by atoms with van der Waals surface area (Å²) in [5.74, 6) is -0.326. The van der Waals surface area contributed by atoms with Crippen molar-refractivity contribution in [2.24, 2.45) is 0 Å². The smallest absolute Gasteiger partial charge is 0.311 e. The minimum Gasteiger partial charge on any atom is -0.480 e. The molecule has 4 aromatic rings. The van der Waals surface area contributed by atoms with E-state index in [1.807, 2.05) is 36.4 Å². The second-order valence-corrected chi connectivity index (χ2v) is 9.49. The van der Waals surface area contributed by atoms with E-state index >= 15 is 0 Å². The first-order valence-corrected chi connectivity index (χ1v) is 12.3. The molecule has 2 N–H and O–H groups in total. The van der Waals surface area contributed by atoms with Gasteiger partial charge in [0.2, 0.25) is 5.88 Å².